The normalized spacial score (nSPS) is 24.6. The number of hydrogen-bond donors (Lipinski definition) is 1. The summed E-state index contributed by atoms with van der Waals surface area (Å²) in [7, 11) is 1.45. The third-order valence-electron chi connectivity index (χ3n) is 2.98. The Balaban J connectivity index is 2.35. The first-order chi connectivity index (χ1) is 7.18. The van der Waals surface area contributed by atoms with Crippen LogP contribution in [-0.2, 0) is 17.8 Å². The zero-order valence-electron chi connectivity index (χ0n) is 8.64. The van der Waals surface area contributed by atoms with Crippen LogP contribution in [0.2, 0.25) is 0 Å². The van der Waals surface area contributed by atoms with Gasteiger partial charge in [0.05, 0.1) is 7.11 Å². The van der Waals surface area contributed by atoms with Crippen molar-refractivity contribution in [2.24, 2.45) is 0 Å². The lowest BCUT2D eigenvalue weighted by Gasteiger charge is -2.32. The molecule has 0 fully saturated rings. The highest BCUT2D eigenvalue weighted by molar-refractivity contribution is 5.56. The zero-order valence-corrected chi connectivity index (χ0v) is 8.64. The summed E-state index contributed by atoms with van der Waals surface area (Å²) in [6, 6.07) is 7.91. The summed E-state index contributed by atoms with van der Waals surface area (Å²) in [5, 5.41) is 9.16. The molecule has 0 bridgehead atoms. The van der Waals surface area contributed by atoms with Gasteiger partial charge in [0.15, 0.2) is 0 Å². The Morgan fingerprint density at radius 1 is 1.40 bits per heavy atom. The second-order valence-electron chi connectivity index (χ2n) is 3.75. The Bertz CT molecular complexity index is 391. The fourth-order valence-electron chi connectivity index (χ4n) is 2.01. The van der Waals surface area contributed by atoms with Gasteiger partial charge in [0.25, 0.3) is 0 Å². The van der Waals surface area contributed by atoms with Gasteiger partial charge in [0.2, 0.25) is 0 Å². The second-order valence-corrected chi connectivity index (χ2v) is 3.75. The number of nitrogens with zero attached hydrogens (tertiary/aromatic N) is 1. The molecule has 1 aliphatic rings. The maximum Gasteiger partial charge on any atom is 0.547 e. The van der Waals surface area contributed by atoms with E-state index in [1.807, 2.05) is 24.3 Å². The first-order valence-electron chi connectivity index (χ1n) is 4.91. The lowest BCUT2D eigenvalue weighted by Crippen LogP contribution is -2.53. The molecule has 15 heavy (non-hydrogen) atoms. The molecule has 80 valence electrons. The Hall–Kier alpha value is -1.39. The van der Waals surface area contributed by atoms with E-state index in [9.17, 15) is 4.79 Å². The molecule has 1 aliphatic heterocycles. The molecule has 0 aromatic heterocycles. The van der Waals surface area contributed by atoms with Gasteiger partial charge in [0.1, 0.15) is 13.1 Å². The highest BCUT2D eigenvalue weighted by atomic mass is 16.7. The Labute approximate surface area is 88.2 Å². The SMILES string of the molecule is CO[N+]1(C(=O)O)CCc2ccccc2C1. The van der Waals surface area contributed by atoms with Crippen molar-refractivity contribution >= 4 is 6.09 Å². The van der Waals surface area contributed by atoms with E-state index in [0.29, 0.717) is 13.1 Å². The Kier molecular flexibility index (Phi) is 2.46. The highest BCUT2D eigenvalue weighted by Gasteiger charge is 2.42. The van der Waals surface area contributed by atoms with E-state index in [1.165, 1.54) is 12.7 Å². The third kappa shape index (κ3) is 1.62. The van der Waals surface area contributed by atoms with Crippen LogP contribution in [0.5, 0.6) is 0 Å². The van der Waals surface area contributed by atoms with E-state index < -0.39 is 6.09 Å². The molecule has 1 atom stereocenters. The van der Waals surface area contributed by atoms with Crippen LogP contribution < -0.4 is 0 Å². The second kappa shape index (κ2) is 3.64. The number of benzene rings is 1. The minimum Gasteiger partial charge on any atom is -0.433 e. The largest absolute Gasteiger partial charge is 0.547 e. The van der Waals surface area contributed by atoms with Crippen molar-refractivity contribution in [1.29, 1.82) is 0 Å². The van der Waals surface area contributed by atoms with Crippen molar-refractivity contribution in [3.8, 4) is 0 Å². The van der Waals surface area contributed by atoms with E-state index in [1.54, 1.807) is 0 Å². The van der Waals surface area contributed by atoms with E-state index >= 15 is 0 Å². The maximum atomic E-state index is 11.2. The predicted molar refractivity (Wildman–Crippen MR) is 54.0 cm³/mol. The van der Waals surface area contributed by atoms with Gasteiger partial charge in [-0.2, -0.15) is 9.63 Å². The van der Waals surface area contributed by atoms with Crippen LogP contribution in [0, 0.1) is 0 Å². The molecule has 2 rings (SSSR count). The smallest absolute Gasteiger partial charge is 0.433 e. The number of rotatable bonds is 1. The standard InChI is InChI=1S/C11H13NO3/c1-15-12(11(13)14)7-6-9-4-2-3-5-10(9)8-12/h2-5H,6-8H2,1H3/p+1. The topological polar surface area (TPSA) is 46.5 Å². The molecular formula is C11H14NO3+. The van der Waals surface area contributed by atoms with Gasteiger partial charge in [0, 0.05) is 12.0 Å². The number of carbonyl (C=O) groups is 1. The van der Waals surface area contributed by atoms with Crippen molar-refractivity contribution in [2.75, 3.05) is 13.7 Å². The lowest BCUT2D eigenvalue weighted by atomic mass is 10.00. The molecule has 4 heteroatoms. The first kappa shape index (κ1) is 10.1. The first-order valence-corrected chi connectivity index (χ1v) is 4.91. The van der Waals surface area contributed by atoms with Crippen molar-refractivity contribution in [3.05, 3.63) is 35.4 Å². The zero-order chi connectivity index (χ0) is 10.9. The van der Waals surface area contributed by atoms with Crippen molar-refractivity contribution in [2.45, 2.75) is 13.0 Å². The summed E-state index contributed by atoms with van der Waals surface area (Å²) < 4.78 is -0.322. The van der Waals surface area contributed by atoms with Crippen LogP contribution in [0.4, 0.5) is 4.79 Å². The average Bonchev–Trinajstić information content (AvgIpc) is 2.28. The number of fused-ring (bicyclic) bond motifs is 1. The molecule has 0 aliphatic carbocycles. The summed E-state index contributed by atoms with van der Waals surface area (Å²) in [5.41, 5.74) is 2.29. The molecule has 0 saturated carbocycles. The monoisotopic (exact) mass is 208 g/mol. The lowest BCUT2D eigenvalue weighted by molar-refractivity contribution is -1.05. The van der Waals surface area contributed by atoms with Gasteiger partial charge in [-0.1, -0.05) is 28.9 Å². The van der Waals surface area contributed by atoms with Crippen LogP contribution in [-0.4, -0.2) is 29.5 Å². The molecule has 1 amide bonds. The molecule has 1 aromatic rings. The third-order valence-corrected chi connectivity index (χ3v) is 2.98. The van der Waals surface area contributed by atoms with Crippen LogP contribution in [0.15, 0.2) is 24.3 Å². The van der Waals surface area contributed by atoms with Crippen LogP contribution in [0.1, 0.15) is 11.1 Å². The summed E-state index contributed by atoms with van der Waals surface area (Å²) in [4.78, 5) is 16.3. The average molecular weight is 208 g/mol. The predicted octanol–water partition coefficient (Wildman–Crippen LogP) is 1.80. The number of hydrogen-bond acceptors (Lipinski definition) is 2. The van der Waals surface area contributed by atoms with E-state index in [0.717, 1.165) is 12.0 Å². The molecular weight excluding hydrogens is 194 g/mol. The Morgan fingerprint density at radius 3 is 2.67 bits per heavy atom. The minimum atomic E-state index is -0.924. The van der Waals surface area contributed by atoms with Gasteiger partial charge < -0.3 is 5.11 Å². The van der Waals surface area contributed by atoms with E-state index in [4.69, 9.17) is 9.94 Å². The summed E-state index contributed by atoms with van der Waals surface area (Å²) in [5.74, 6) is 0. The van der Waals surface area contributed by atoms with Gasteiger partial charge in [-0.25, -0.2) is 0 Å². The molecule has 1 N–H and O–H groups in total. The Morgan fingerprint density at radius 2 is 2.07 bits per heavy atom. The van der Waals surface area contributed by atoms with E-state index in [-0.39, 0.29) is 4.65 Å². The van der Waals surface area contributed by atoms with Crippen molar-refractivity contribution < 1.29 is 19.4 Å². The van der Waals surface area contributed by atoms with Crippen LogP contribution >= 0.6 is 0 Å². The number of quaternary nitrogens is 1. The molecule has 0 spiro atoms. The molecule has 1 heterocycles. The summed E-state index contributed by atoms with van der Waals surface area (Å²) >= 11 is 0. The fourth-order valence-corrected chi connectivity index (χ4v) is 2.01. The van der Waals surface area contributed by atoms with Gasteiger partial charge in [-0.15, -0.1) is 0 Å². The van der Waals surface area contributed by atoms with E-state index in [2.05, 4.69) is 0 Å². The molecule has 0 saturated heterocycles. The molecule has 0 radical (unpaired) electrons. The van der Waals surface area contributed by atoms with Crippen LogP contribution in [0.3, 0.4) is 0 Å². The minimum absolute atomic E-state index is 0.322. The quantitative estimate of drug-likeness (QED) is 0.716. The number of amides is 1. The molecule has 1 unspecified atom stereocenters. The molecule has 1 aromatic carbocycles. The highest BCUT2D eigenvalue weighted by Crippen LogP contribution is 2.25. The number of hydroxylamine groups is 3. The van der Waals surface area contributed by atoms with Gasteiger partial charge >= 0.3 is 6.09 Å². The molecule has 4 nitrogen and oxygen atoms in total. The van der Waals surface area contributed by atoms with Crippen molar-refractivity contribution in [3.63, 3.8) is 0 Å². The summed E-state index contributed by atoms with van der Waals surface area (Å²) in [6.07, 6.45) is -0.178. The fraction of sp³-hybridized carbons (Fsp3) is 0.364. The van der Waals surface area contributed by atoms with Gasteiger partial charge in [-0.05, 0) is 5.56 Å². The summed E-state index contributed by atoms with van der Waals surface area (Å²) in [6.45, 7) is 0.894. The van der Waals surface area contributed by atoms with Crippen LogP contribution in [0.25, 0.3) is 0 Å². The van der Waals surface area contributed by atoms with Crippen molar-refractivity contribution in [1.82, 2.24) is 0 Å². The van der Waals surface area contributed by atoms with Gasteiger partial charge in [-0.3, -0.25) is 0 Å². The number of carboxylic acid groups (broad SMARTS) is 1. The maximum absolute atomic E-state index is 11.2.